The molecular formula is C17H18F3N3OS2. The molecule has 1 aliphatic rings. The van der Waals surface area contributed by atoms with Crippen LogP contribution in [0.1, 0.15) is 45.2 Å². The van der Waals surface area contributed by atoms with E-state index in [9.17, 15) is 18.0 Å². The molecule has 0 atom stereocenters. The van der Waals surface area contributed by atoms with Gasteiger partial charge in [0, 0.05) is 35.8 Å². The first-order valence-electron chi connectivity index (χ1n) is 8.39. The number of carbonyl (C=O) groups excluding carboxylic acids is 1. The lowest BCUT2D eigenvalue weighted by Gasteiger charge is -2.10. The number of carbonyl (C=O) groups is 1. The highest BCUT2D eigenvalue weighted by molar-refractivity contribution is 8.00. The third-order valence-electron chi connectivity index (χ3n) is 3.97. The lowest BCUT2D eigenvalue weighted by atomic mass is 10.0. The van der Waals surface area contributed by atoms with Crippen molar-refractivity contribution < 1.29 is 18.0 Å². The van der Waals surface area contributed by atoms with Crippen molar-refractivity contribution in [1.29, 1.82) is 0 Å². The van der Waals surface area contributed by atoms with Crippen LogP contribution in [-0.2, 0) is 19.3 Å². The summed E-state index contributed by atoms with van der Waals surface area (Å²) >= 11 is 1.36. The van der Waals surface area contributed by atoms with E-state index in [1.807, 2.05) is 0 Å². The minimum atomic E-state index is -4.48. The average Bonchev–Trinajstić information content (AvgIpc) is 3.00. The summed E-state index contributed by atoms with van der Waals surface area (Å²) < 4.78 is 37.7. The van der Waals surface area contributed by atoms with Crippen molar-refractivity contribution in [3.8, 4) is 0 Å². The van der Waals surface area contributed by atoms with Crippen molar-refractivity contribution in [1.82, 2.24) is 15.3 Å². The van der Waals surface area contributed by atoms with Gasteiger partial charge in [-0.25, -0.2) is 9.97 Å². The van der Waals surface area contributed by atoms with Crippen molar-refractivity contribution in [2.45, 2.75) is 49.1 Å². The second-order valence-electron chi connectivity index (χ2n) is 5.95. The zero-order valence-corrected chi connectivity index (χ0v) is 15.6. The Bertz CT molecular complexity index is 753. The normalized spacial score (nSPS) is 14.1. The van der Waals surface area contributed by atoms with Gasteiger partial charge < -0.3 is 5.32 Å². The van der Waals surface area contributed by atoms with Crippen LogP contribution in [0.3, 0.4) is 0 Å². The molecule has 2 heterocycles. The number of fused-ring (bicyclic) bond motifs is 1. The van der Waals surface area contributed by atoms with Gasteiger partial charge in [-0.2, -0.15) is 13.2 Å². The molecule has 0 fully saturated rings. The highest BCUT2D eigenvalue weighted by Crippen LogP contribution is 2.37. The van der Waals surface area contributed by atoms with E-state index in [1.54, 1.807) is 11.3 Å². The quantitative estimate of drug-likeness (QED) is 0.576. The molecule has 0 aromatic carbocycles. The smallest absolute Gasteiger partial charge is 0.352 e. The monoisotopic (exact) mass is 401 g/mol. The molecule has 1 aliphatic carbocycles. The molecule has 0 radical (unpaired) electrons. The zero-order valence-electron chi connectivity index (χ0n) is 13.9. The molecule has 9 heteroatoms. The second kappa shape index (κ2) is 8.39. The van der Waals surface area contributed by atoms with Gasteiger partial charge >= 0.3 is 5.51 Å². The molecule has 0 saturated carbocycles. The Balaban J connectivity index is 1.51. The standard InChI is InChI=1S/C17H18F3N3OS2/c18-17(19,20)26-16-11(5-3-10-22-16)15(24)21-9-4-8-14-23-12-6-1-2-7-13(12)25-14/h3,5,10H,1-2,4,6-9H2,(H,21,24). The largest absolute Gasteiger partial charge is 0.447 e. The molecule has 140 valence electrons. The number of alkyl halides is 3. The van der Waals surface area contributed by atoms with Crippen LogP contribution in [0.2, 0.25) is 0 Å². The Morgan fingerprint density at radius 3 is 2.88 bits per heavy atom. The fraction of sp³-hybridized carbons (Fsp3) is 0.471. The summed E-state index contributed by atoms with van der Waals surface area (Å²) in [6.45, 7) is 0.383. The first kappa shape index (κ1) is 19.2. The number of halogens is 3. The Hall–Kier alpha value is -1.61. The number of amides is 1. The first-order chi connectivity index (χ1) is 12.4. The number of nitrogens with one attached hydrogen (secondary N) is 1. The van der Waals surface area contributed by atoms with Crippen LogP contribution < -0.4 is 5.32 Å². The van der Waals surface area contributed by atoms with Crippen LogP contribution in [-0.4, -0.2) is 27.9 Å². The number of pyridine rings is 1. The van der Waals surface area contributed by atoms with Crippen molar-refractivity contribution >= 4 is 29.0 Å². The molecule has 0 spiro atoms. The predicted molar refractivity (Wildman–Crippen MR) is 95.6 cm³/mol. The van der Waals surface area contributed by atoms with Gasteiger partial charge in [0.2, 0.25) is 0 Å². The van der Waals surface area contributed by atoms with Crippen LogP contribution in [0.15, 0.2) is 23.4 Å². The van der Waals surface area contributed by atoms with E-state index < -0.39 is 11.4 Å². The SMILES string of the molecule is O=C(NCCCc1nc2c(s1)CCCC2)c1cccnc1SC(F)(F)F. The minimum absolute atomic E-state index is 0.0560. The number of thioether (sulfide) groups is 1. The van der Waals surface area contributed by atoms with Crippen LogP contribution in [0.25, 0.3) is 0 Å². The van der Waals surface area contributed by atoms with E-state index in [1.165, 1.54) is 41.7 Å². The molecule has 0 unspecified atom stereocenters. The van der Waals surface area contributed by atoms with Crippen molar-refractivity contribution in [2.75, 3.05) is 6.54 Å². The Morgan fingerprint density at radius 1 is 1.31 bits per heavy atom. The number of aromatic nitrogens is 2. The average molecular weight is 401 g/mol. The number of hydrogen-bond donors (Lipinski definition) is 1. The van der Waals surface area contributed by atoms with E-state index in [2.05, 4.69) is 15.3 Å². The fourth-order valence-electron chi connectivity index (χ4n) is 2.80. The van der Waals surface area contributed by atoms with Gasteiger partial charge in [-0.15, -0.1) is 11.3 Å². The Morgan fingerprint density at radius 2 is 2.12 bits per heavy atom. The number of aryl methyl sites for hydroxylation is 3. The number of nitrogens with zero attached hydrogens (tertiary/aromatic N) is 2. The highest BCUT2D eigenvalue weighted by atomic mass is 32.2. The van der Waals surface area contributed by atoms with Crippen molar-refractivity contribution in [2.24, 2.45) is 0 Å². The number of thiazole rings is 1. The molecule has 1 N–H and O–H groups in total. The minimum Gasteiger partial charge on any atom is -0.352 e. The lowest BCUT2D eigenvalue weighted by molar-refractivity contribution is -0.0329. The van der Waals surface area contributed by atoms with Gasteiger partial charge in [-0.3, -0.25) is 4.79 Å². The summed E-state index contributed by atoms with van der Waals surface area (Å²) in [6, 6.07) is 2.81. The summed E-state index contributed by atoms with van der Waals surface area (Å²) in [7, 11) is 0. The van der Waals surface area contributed by atoms with Gasteiger partial charge in [0.15, 0.2) is 0 Å². The summed E-state index contributed by atoms with van der Waals surface area (Å²) in [5.41, 5.74) is -3.32. The maximum Gasteiger partial charge on any atom is 0.447 e. The third kappa shape index (κ3) is 5.20. The predicted octanol–water partition coefficient (Wildman–Crippen LogP) is 4.39. The molecule has 2 aromatic rings. The van der Waals surface area contributed by atoms with Gasteiger partial charge in [-0.05, 0) is 44.2 Å². The molecule has 1 amide bonds. The van der Waals surface area contributed by atoms with Gasteiger partial charge in [0.05, 0.1) is 16.3 Å². The Kier molecular flexibility index (Phi) is 6.18. The maximum atomic E-state index is 12.6. The fourth-order valence-corrected chi connectivity index (χ4v) is 4.61. The summed E-state index contributed by atoms with van der Waals surface area (Å²) in [4.78, 5) is 21.9. The van der Waals surface area contributed by atoms with Gasteiger partial charge in [-0.1, -0.05) is 0 Å². The van der Waals surface area contributed by atoms with Crippen LogP contribution in [0, 0.1) is 0 Å². The lowest BCUT2D eigenvalue weighted by Crippen LogP contribution is -2.25. The van der Waals surface area contributed by atoms with Crippen LogP contribution in [0.4, 0.5) is 13.2 Å². The van der Waals surface area contributed by atoms with Crippen LogP contribution in [0.5, 0.6) is 0 Å². The number of rotatable bonds is 6. The molecule has 2 aromatic heterocycles. The van der Waals surface area contributed by atoms with E-state index in [0.717, 1.165) is 24.3 Å². The van der Waals surface area contributed by atoms with Crippen molar-refractivity contribution in [3.63, 3.8) is 0 Å². The molecule has 0 saturated heterocycles. The summed E-state index contributed by atoms with van der Waals surface area (Å²) in [6.07, 6.45) is 7.25. The van der Waals surface area contributed by atoms with E-state index in [0.29, 0.717) is 13.0 Å². The zero-order chi connectivity index (χ0) is 18.6. The summed E-state index contributed by atoms with van der Waals surface area (Å²) in [5.74, 6) is -0.539. The Labute approximate surface area is 157 Å². The van der Waals surface area contributed by atoms with Gasteiger partial charge in [0.1, 0.15) is 5.03 Å². The number of hydrogen-bond acceptors (Lipinski definition) is 5. The topological polar surface area (TPSA) is 54.9 Å². The first-order valence-corrected chi connectivity index (χ1v) is 10.0. The maximum absolute atomic E-state index is 12.6. The van der Waals surface area contributed by atoms with Crippen LogP contribution >= 0.6 is 23.1 Å². The van der Waals surface area contributed by atoms with E-state index >= 15 is 0 Å². The summed E-state index contributed by atoms with van der Waals surface area (Å²) in [5, 5.41) is 3.42. The molecule has 0 aliphatic heterocycles. The van der Waals surface area contributed by atoms with Crippen molar-refractivity contribution in [3.05, 3.63) is 39.5 Å². The molecule has 26 heavy (non-hydrogen) atoms. The van der Waals surface area contributed by atoms with Gasteiger partial charge in [0.25, 0.3) is 5.91 Å². The van der Waals surface area contributed by atoms with E-state index in [-0.39, 0.29) is 22.4 Å². The molecule has 4 nitrogen and oxygen atoms in total. The van der Waals surface area contributed by atoms with E-state index in [4.69, 9.17) is 0 Å². The molecule has 3 rings (SSSR count). The molecule has 0 bridgehead atoms. The third-order valence-corrected chi connectivity index (χ3v) is 5.94. The highest BCUT2D eigenvalue weighted by Gasteiger charge is 2.32. The second-order valence-corrected chi connectivity index (χ2v) is 8.17. The molecular weight excluding hydrogens is 383 g/mol.